The van der Waals surface area contributed by atoms with Crippen LogP contribution in [0.5, 0.6) is 17.2 Å². The van der Waals surface area contributed by atoms with Crippen LogP contribution in [0, 0.1) is 0 Å². The highest BCUT2D eigenvalue weighted by Gasteiger charge is 2.21. The third-order valence-corrected chi connectivity index (χ3v) is 6.47. The number of phenolic OH excluding ortho intramolecular Hbond substituents is 1. The maximum absolute atomic E-state index is 12.6. The number of halogens is 3. The highest BCUT2D eigenvalue weighted by molar-refractivity contribution is 7.92. The molecule has 2 N–H and O–H groups in total. The third kappa shape index (κ3) is 4.65. The van der Waals surface area contributed by atoms with E-state index in [2.05, 4.69) is 9.71 Å². The molecule has 1 aromatic heterocycles. The molecule has 0 saturated carbocycles. The van der Waals surface area contributed by atoms with Crippen LogP contribution < -0.4 is 9.46 Å². The van der Waals surface area contributed by atoms with Gasteiger partial charge < -0.3 is 9.84 Å². The molecule has 10 heteroatoms. The number of aromatic hydroxyl groups is 1. The number of para-hydroxylation sites is 1. The van der Waals surface area contributed by atoms with Crippen molar-refractivity contribution in [1.29, 1.82) is 0 Å². The smallest absolute Gasteiger partial charge is 0.265 e. The van der Waals surface area contributed by atoms with E-state index in [-0.39, 0.29) is 31.4 Å². The van der Waals surface area contributed by atoms with Crippen molar-refractivity contribution in [2.24, 2.45) is 0 Å². The fourth-order valence-corrected chi connectivity index (χ4v) is 4.72. The van der Waals surface area contributed by atoms with E-state index in [1.165, 1.54) is 30.5 Å². The topological polar surface area (TPSA) is 88.5 Å². The third-order valence-electron chi connectivity index (χ3n) is 4.25. The molecule has 0 aliphatic carbocycles. The van der Waals surface area contributed by atoms with Crippen LogP contribution in [0.3, 0.4) is 0 Å². The second kappa shape index (κ2) is 8.43. The maximum Gasteiger partial charge on any atom is 0.265 e. The molecule has 6 nitrogen and oxygen atoms in total. The van der Waals surface area contributed by atoms with E-state index < -0.39 is 15.8 Å². The summed E-state index contributed by atoms with van der Waals surface area (Å²) in [6, 6.07) is 15.7. The lowest BCUT2D eigenvalue weighted by atomic mass is 10.2. The van der Waals surface area contributed by atoms with E-state index in [1.54, 1.807) is 6.07 Å². The Balaban J connectivity index is 1.62. The summed E-state index contributed by atoms with van der Waals surface area (Å²) in [4.78, 5) is 3.97. The van der Waals surface area contributed by atoms with Gasteiger partial charge in [0, 0.05) is 10.4 Å². The molecule has 0 amide bonds. The predicted molar refractivity (Wildman–Crippen MR) is 122 cm³/mol. The van der Waals surface area contributed by atoms with Crippen LogP contribution in [0.1, 0.15) is 0 Å². The zero-order valence-corrected chi connectivity index (χ0v) is 18.6. The van der Waals surface area contributed by atoms with Gasteiger partial charge in [0.05, 0.1) is 27.4 Å². The van der Waals surface area contributed by atoms with Crippen LogP contribution in [0.25, 0.3) is 10.9 Å². The van der Waals surface area contributed by atoms with E-state index in [0.717, 1.165) is 17.0 Å². The number of hydrogen-bond acceptors (Lipinski definition) is 5. The minimum atomic E-state index is -4.12. The van der Waals surface area contributed by atoms with Crippen molar-refractivity contribution in [1.82, 2.24) is 4.98 Å². The van der Waals surface area contributed by atoms with Crippen LogP contribution in [-0.2, 0) is 10.0 Å². The van der Waals surface area contributed by atoms with Crippen LogP contribution in [0.2, 0.25) is 15.1 Å². The minimum absolute atomic E-state index is 0.0821. The molecule has 0 aliphatic rings. The lowest BCUT2D eigenvalue weighted by molar-refractivity contribution is 0.459. The van der Waals surface area contributed by atoms with Gasteiger partial charge in [-0.15, -0.1) is 0 Å². The van der Waals surface area contributed by atoms with Crippen molar-refractivity contribution in [3.63, 3.8) is 0 Å². The number of phenols is 1. The SMILES string of the molecule is O=S(=O)(Nc1cc(Cl)c(Oc2cnc3ccccc3c2)c(Cl)c1)c1ccc(Cl)cc1O. The number of benzene rings is 3. The number of fused-ring (bicyclic) bond motifs is 1. The standard InChI is InChI=1S/C21H13Cl3N2O4S/c22-13-5-6-20(19(27)8-13)31(28,29)26-14-9-16(23)21(17(24)10-14)30-15-7-12-3-1-2-4-18(12)25-11-15/h1-11,26-27H. The number of rotatable bonds is 5. The number of aromatic nitrogens is 1. The van der Waals surface area contributed by atoms with Crippen molar-refractivity contribution in [2.45, 2.75) is 4.90 Å². The lowest BCUT2D eigenvalue weighted by Crippen LogP contribution is -2.13. The Morgan fingerprint density at radius 3 is 2.35 bits per heavy atom. The molecule has 0 bridgehead atoms. The number of ether oxygens (including phenoxy) is 1. The molecule has 0 aliphatic heterocycles. The molecule has 0 saturated heterocycles. The monoisotopic (exact) mass is 494 g/mol. The molecule has 158 valence electrons. The number of nitrogens with one attached hydrogen (secondary N) is 1. The summed E-state index contributed by atoms with van der Waals surface area (Å²) in [5.74, 6) is 0.0839. The highest BCUT2D eigenvalue weighted by Crippen LogP contribution is 2.40. The first-order chi connectivity index (χ1) is 14.7. The van der Waals surface area contributed by atoms with Crippen molar-refractivity contribution >= 4 is 61.4 Å². The lowest BCUT2D eigenvalue weighted by Gasteiger charge is -2.14. The first kappa shape index (κ1) is 21.5. The Morgan fingerprint density at radius 2 is 1.65 bits per heavy atom. The van der Waals surface area contributed by atoms with Crippen molar-refractivity contribution in [3.05, 3.63) is 81.9 Å². The Kier molecular flexibility index (Phi) is 5.85. The van der Waals surface area contributed by atoms with Gasteiger partial charge in [0.15, 0.2) is 5.75 Å². The van der Waals surface area contributed by atoms with Gasteiger partial charge in [-0.3, -0.25) is 9.71 Å². The molecule has 0 radical (unpaired) electrons. The molecule has 3 aromatic carbocycles. The number of sulfonamides is 1. The highest BCUT2D eigenvalue weighted by atomic mass is 35.5. The van der Waals surface area contributed by atoms with Gasteiger partial charge in [0.2, 0.25) is 0 Å². The zero-order valence-electron chi connectivity index (χ0n) is 15.5. The minimum Gasteiger partial charge on any atom is -0.506 e. The zero-order chi connectivity index (χ0) is 22.2. The quantitative estimate of drug-likeness (QED) is 0.330. The van der Waals surface area contributed by atoms with Gasteiger partial charge in [0.1, 0.15) is 16.4 Å². The predicted octanol–water partition coefficient (Wildman–Crippen LogP) is 6.49. The first-order valence-electron chi connectivity index (χ1n) is 8.76. The molecule has 0 atom stereocenters. The molecule has 4 aromatic rings. The van der Waals surface area contributed by atoms with Crippen molar-refractivity contribution < 1.29 is 18.3 Å². The van der Waals surface area contributed by atoms with Crippen molar-refractivity contribution in [3.8, 4) is 17.2 Å². The molecule has 4 rings (SSSR count). The Morgan fingerprint density at radius 1 is 0.935 bits per heavy atom. The number of nitrogens with zero attached hydrogens (tertiary/aromatic N) is 1. The molecular formula is C21H13Cl3N2O4S. The number of hydrogen-bond donors (Lipinski definition) is 2. The summed E-state index contributed by atoms with van der Waals surface area (Å²) in [6.07, 6.45) is 1.54. The van der Waals surface area contributed by atoms with Crippen LogP contribution in [-0.4, -0.2) is 18.5 Å². The Hall–Kier alpha value is -2.71. The summed E-state index contributed by atoms with van der Waals surface area (Å²) in [5.41, 5.74) is 0.899. The molecule has 0 spiro atoms. The molecule has 0 fully saturated rings. The fourth-order valence-electron chi connectivity index (χ4n) is 2.87. The van der Waals surface area contributed by atoms with E-state index in [9.17, 15) is 13.5 Å². The van der Waals surface area contributed by atoms with Crippen LogP contribution in [0.15, 0.2) is 71.8 Å². The average molecular weight is 496 g/mol. The van der Waals surface area contributed by atoms with E-state index >= 15 is 0 Å². The Labute approximate surface area is 193 Å². The van der Waals surface area contributed by atoms with E-state index in [1.807, 2.05) is 24.3 Å². The summed E-state index contributed by atoms with van der Waals surface area (Å²) in [5, 5.41) is 11.2. The average Bonchev–Trinajstić information content (AvgIpc) is 2.70. The van der Waals surface area contributed by atoms with Crippen molar-refractivity contribution in [2.75, 3.05) is 4.72 Å². The summed E-state index contributed by atoms with van der Waals surface area (Å²) >= 11 is 18.4. The van der Waals surface area contributed by atoms with Gasteiger partial charge in [0.25, 0.3) is 10.0 Å². The molecule has 1 heterocycles. The van der Waals surface area contributed by atoms with Gasteiger partial charge in [-0.05, 0) is 42.5 Å². The van der Waals surface area contributed by atoms with E-state index in [0.29, 0.717) is 5.75 Å². The van der Waals surface area contributed by atoms with Gasteiger partial charge >= 0.3 is 0 Å². The number of pyridine rings is 1. The fraction of sp³-hybridized carbons (Fsp3) is 0. The van der Waals surface area contributed by atoms with Crippen LogP contribution >= 0.6 is 34.8 Å². The second-order valence-corrected chi connectivity index (χ2v) is 9.35. The van der Waals surface area contributed by atoms with E-state index in [4.69, 9.17) is 39.5 Å². The molecule has 31 heavy (non-hydrogen) atoms. The second-order valence-electron chi connectivity index (χ2n) is 6.45. The van der Waals surface area contributed by atoms with Gasteiger partial charge in [-0.25, -0.2) is 8.42 Å². The summed E-state index contributed by atoms with van der Waals surface area (Å²) in [7, 11) is -4.12. The van der Waals surface area contributed by atoms with Gasteiger partial charge in [-0.2, -0.15) is 0 Å². The maximum atomic E-state index is 12.6. The molecule has 0 unspecified atom stereocenters. The first-order valence-corrected chi connectivity index (χ1v) is 11.4. The Bertz CT molecular complexity index is 1390. The molecular weight excluding hydrogens is 483 g/mol. The summed E-state index contributed by atoms with van der Waals surface area (Å²) in [6.45, 7) is 0. The number of anilines is 1. The normalized spacial score (nSPS) is 11.5. The summed E-state index contributed by atoms with van der Waals surface area (Å²) < 4.78 is 33.3. The van der Waals surface area contributed by atoms with Gasteiger partial charge in [-0.1, -0.05) is 53.0 Å². The van der Waals surface area contributed by atoms with Crippen LogP contribution in [0.4, 0.5) is 5.69 Å². The largest absolute Gasteiger partial charge is 0.506 e.